The maximum Gasteiger partial charge on any atom is 0.280 e. The summed E-state index contributed by atoms with van der Waals surface area (Å²) in [5.41, 5.74) is 8.52. The van der Waals surface area contributed by atoms with Gasteiger partial charge in [0.05, 0.1) is 28.2 Å². The Hall–Kier alpha value is -3.89. The molecular formula is C27H25ClF3N5O2. The SMILES string of the molecule is CC[C@@H](c1nc2cc(Cl)ccc2c(=O)n1Nc1ccccc1)N(CCCN)C(=O)c1ccc(F)c(F)c1F. The summed E-state index contributed by atoms with van der Waals surface area (Å²) in [7, 11) is 0. The monoisotopic (exact) mass is 543 g/mol. The Labute approximate surface area is 221 Å². The van der Waals surface area contributed by atoms with Crippen molar-refractivity contribution in [1.82, 2.24) is 14.6 Å². The number of aromatic nitrogens is 2. The van der Waals surface area contributed by atoms with E-state index in [0.29, 0.717) is 28.7 Å². The van der Waals surface area contributed by atoms with Crippen LogP contribution >= 0.6 is 11.6 Å². The zero-order valence-corrected chi connectivity index (χ0v) is 21.2. The molecule has 1 aromatic heterocycles. The van der Waals surface area contributed by atoms with Crippen LogP contribution in [0.25, 0.3) is 10.9 Å². The first kappa shape index (κ1) is 27.2. The molecule has 0 fully saturated rings. The molecule has 0 unspecified atom stereocenters. The molecule has 1 heterocycles. The van der Waals surface area contributed by atoms with Crippen molar-refractivity contribution in [3.8, 4) is 0 Å². The van der Waals surface area contributed by atoms with Crippen LogP contribution < -0.4 is 16.7 Å². The van der Waals surface area contributed by atoms with Gasteiger partial charge >= 0.3 is 0 Å². The maximum atomic E-state index is 14.7. The molecule has 3 aromatic carbocycles. The summed E-state index contributed by atoms with van der Waals surface area (Å²) < 4.78 is 43.5. The van der Waals surface area contributed by atoms with E-state index in [4.69, 9.17) is 17.3 Å². The quantitative estimate of drug-likeness (QED) is 0.280. The van der Waals surface area contributed by atoms with Crippen molar-refractivity contribution >= 4 is 34.1 Å². The van der Waals surface area contributed by atoms with Crippen LogP contribution in [0.3, 0.4) is 0 Å². The van der Waals surface area contributed by atoms with Crippen molar-refractivity contribution in [2.45, 2.75) is 25.8 Å². The van der Waals surface area contributed by atoms with Crippen molar-refractivity contribution in [3.63, 3.8) is 0 Å². The average Bonchev–Trinajstić information content (AvgIpc) is 2.91. The van der Waals surface area contributed by atoms with Crippen molar-refractivity contribution < 1.29 is 18.0 Å². The number of fused-ring (bicyclic) bond motifs is 1. The molecule has 7 nitrogen and oxygen atoms in total. The third kappa shape index (κ3) is 5.36. The van der Waals surface area contributed by atoms with Gasteiger partial charge in [-0.3, -0.25) is 15.0 Å². The van der Waals surface area contributed by atoms with Gasteiger partial charge in [0, 0.05) is 11.6 Å². The minimum Gasteiger partial charge on any atom is -0.330 e. The van der Waals surface area contributed by atoms with E-state index in [0.717, 1.165) is 6.07 Å². The van der Waals surface area contributed by atoms with Gasteiger partial charge in [0.25, 0.3) is 11.5 Å². The summed E-state index contributed by atoms with van der Waals surface area (Å²) in [6, 6.07) is 14.2. The number of carbonyl (C=O) groups excluding carboxylic acids is 1. The molecule has 1 amide bonds. The van der Waals surface area contributed by atoms with Gasteiger partial charge in [0.2, 0.25) is 0 Å². The second-order valence-electron chi connectivity index (χ2n) is 8.54. The molecule has 0 aliphatic heterocycles. The van der Waals surface area contributed by atoms with Crippen molar-refractivity contribution in [3.05, 3.63) is 105 Å². The van der Waals surface area contributed by atoms with Crippen LogP contribution in [-0.4, -0.2) is 33.6 Å². The first-order chi connectivity index (χ1) is 18.3. The number of carbonyl (C=O) groups is 1. The molecule has 198 valence electrons. The number of nitrogens with one attached hydrogen (secondary N) is 1. The number of halogens is 4. The van der Waals surface area contributed by atoms with E-state index in [1.165, 1.54) is 15.6 Å². The third-order valence-electron chi connectivity index (χ3n) is 6.06. The fourth-order valence-corrected chi connectivity index (χ4v) is 4.36. The summed E-state index contributed by atoms with van der Waals surface area (Å²) in [5.74, 6) is -5.50. The number of nitrogens with two attached hydrogens (primary N) is 1. The highest BCUT2D eigenvalue weighted by molar-refractivity contribution is 6.31. The normalized spacial score (nSPS) is 11.9. The highest BCUT2D eigenvalue weighted by atomic mass is 35.5. The molecule has 0 aliphatic carbocycles. The molecule has 0 saturated heterocycles. The van der Waals surface area contributed by atoms with Crippen LogP contribution in [0.15, 0.2) is 65.5 Å². The Morgan fingerprint density at radius 1 is 1.11 bits per heavy atom. The van der Waals surface area contributed by atoms with Gasteiger partial charge in [-0.05, 0) is 61.9 Å². The summed E-state index contributed by atoms with van der Waals surface area (Å²) in [4.78, 5) is 33.2. The van der Waals surface area contributed by atoms with Gasteiger partial charge in [0.1, 0.15) is 0 Å². The Bertz CT molecular complexity index is 1530. The lowest BCUT2D eigenvalue weighted by molar-refractivity contribution is 0.0651. The Morgan fingerprint density at radius 2 is 1.84 bits per heavy atom. The van der Waals surface area contributed by atoms with E-state index in [2.05, 4.69) is 10.4 Å². The number of para-hydroxylation sites is 1. The van der Waals surface area contributed by atoms with Crippen molar-refractivity contribution in [2.75, 3.05) is 18.5 Å². The fourth-order valence-electron chi connectivity index (χ4n) is 4.20. The molecule has 0 aliphatic rings. The minimum absolute atomic E-state index is 0.0427. The number of hydrogen-bond donors (Lipinski definition) is 2. The number of hydrogen-bond acceptors (Lipinski definition) is 5. The van der Waals surface area contributed by atoms with E-state index >= 15 is 0 Å². The predicted molar refractivity (Wildman–Crippen MR) is 141 cm³/mol. The van der Waals surface area contributed by atoms with Gasteiger partial charge in [-0.25, -0.2) is 22.8 Å². The standard InChI is InChI=1S/C27H25ClF3N5O2/c1-2-22(35(14-6-13-32)26(37)19-11-12-20(29)24(31)23(19)30)25-33-21-15-16(28)9-10-18(21)27(38)36(25)34-17-7-4-3-5-8-17/h3-5,7-12,15,22,34H,2,6,13-14,32H2,1H3/t22-/m0/s1. The predicted octanol–water partition coefficient (Wildman–Crippen LogP) is 5.28. The van der Waals surface area contributed by atoms with Crippen LogP contribution in [0.5, 0.6) is 0 Å². The van der Waals surface area contributed by atoms with E-state index in [1.54, 1.807) is 43.3 Å². The number of rotatable bonds is 9. The molecule has 3 N–H and O–H groups in total. The second kappa shape index (κ2) is 11.7. The number of benzene rings is 3. The topological polar surface area (TPSA) is 93.2 Å². The number of amides is 1. The van der Waals surface area contributed by atoms with E-state index in [9.17, 15) is 22.8 Å². The molecule has 4 rings (SSSR count). The summed E-state index contributed by atoms with van der Waals surface area (Å²) in [6.45, 7) is 2.01. The maximum absolute atomic E-state index is 14.7. The Balaban J connectivity index is 1.92. The van der Waals surface area contributed by atoms with Gasteiger partial charge in [0.15, 0.2) is 23.3 Å². The minimum atomic E-state index is -1.75. The third-order valence-corrected chi connectivity index (χ3v) is 6.30. The largest absolute Gasteiger partial charge is 0.330 e. The summed E-state index contributed by atoms with van der Waals surface area (Å²) in [6.07, 6.45) is 0.569. The van der Waals surface area contributed by atoms with Gasteiger partial charge < -0.3 is 10.6 Å². The van der Waals surface area contributed by atoms with E-state index < -0.39 is 40.5 Å². The molecular weight excluding hydrogens is 519 g/mol. The fraction of sp³-hybridized carbons (Fsp3) is 0.222. The van der Waals surface area contributed by atoms with Crippen LogP contribution in [0.1, 0.15) is 42.0 Å². The van der Waals surface area contributed by atoms with Gasteiger partial charge in [-0.15, -0.1) is 0 Å². The highest BCUT2D eigenvalue weighted by Gasteiger charge is 2.31. The zero-order chi connectivity index (χ0) is 27.4. The van der Waals surface area contributed by atoms with Crippen LogP contribution in [0, 0.1) is 17.5 Å². The first-order valence-corrected chi connectivity index (χ1v) is 12.3. The molecule has 0 spiro atoms. The second-order valence-corrected chi connectivity index (χ2v) is 8.97. The molecule has 0 radical (unpaired) electrons. The first-order valence-electron chi connectivity index (χ1n) is 12.0. The number of nitrogens with zero attached hydrogens (tertiary/aromatic N) is 3. The summed E-state index contributed by atoms with van der Waals surface area (Å²) >= 11 is 6.16. The Kier molecular flexibility index (Phi) is 8.33. The van der Waals surface area contributed by atoms with Crippen molar-refractivity contribution in [2.24, 2.45) is 5.73 Å². The molecule has 0 bridgehead atoms. The molecule has 38 heavy (non-hydrogen) atoms. The van der Waals surface area contributed by atoms with Crippen LogP contribution in [-0.2, 0) is 0 Å². The molecule has 1 atom stereocenters. The van der Waals surface area contributed by atoms with Crippen LogP contribution in [0.4, 0.5) is 18.9 Å². The highest BCUT2D eigenvalue weighted by Crippen LogP contribution is 2.28. The summed E-state index contributed by atoms with van der Waals surface area (Å²) in [5, 5.41) is 0.639. The average molecular weight is 544 g/mol. The molecule has 4 aromatic rings. The number of anilines is 1. The van der Waals surface area contributed by atoms with Gasteiger partial charge in [-0.2, -0.15) is 0 Å². The smallest absolute Gasteiger partial charge is 0.280 e. The lowest BCUT2D eigenvalue weighted by Crippen LogP contribution is -2.41. The van der Waals surface area contributed by atoms with E-state index in [1.807, 2.05) is 6.07 Å². The lowest BCUT2D eigenvalue weighted by atomic mass is 10.1. The van der Waals surface area contributed by atoms with Crippen molar-refractivity contribution in [1.29, 1.82) is 0 Å². The molecule has 0 saturated carbocycles. The Morgan fingerprint density at radius 3 is 2.53 bits per heavy atom. The zero-order valence-electron chi connectivity index (χ0n) is 20.4. The van der Waals surface area contributed by atoms with E-state index in [-0.39, 0.29) is 30.7 Å². The van der Waals surface area contributed by atoms with Crippen LogP contribution in [0.2, 0.25) is 5.02 Å². The lowest BCUT2D eigenvalue weighted by Gasteiger charge is -2.32. The van der Waals surface area contributed by atoms with Gasteiger partial charge in [-0.1, -0.05) is 36.7 Å². The molecule has 11 heteroatoms.